The number of aliphatic hydroxyl groups excluding tert-OH is 2. The number of ether oxygens (including phenoxy) is 9. The summed E-state index contributed by atoms with van der Waals surface area (Å²) in [6, 6.07) is 1.92. The summed E-state index contributed by atoms with van der Waals surface area (Å²) >= 11 is 0. The van der Waals surface area contributed by atoms with Crippen molar-refractivity contribution < 1.29 is 90.9 Å². The van der Waals surface area contributed by atoms with E-state index in [1.165, 1.54) is 44.5 Å². The van der Waals surface area contributed by atoms with Crippen molar-refractivity contribution in [1.82, 2.24) is 5.16 Å². The number of aromatic nitrogens is 1. The van der Waals surface area contributed by atoms with E-state index in [1.54, 1.807) is 30.5 Å². The standard InChI is InChI=1S/C15H22O4.C15H20O2.C14H15NO.C14H13NO.C14H22O3.C14H16O2.C13H18O3.C9H14O3/c1-13(2)4-5-14(12(16)17-3)6-7-15(10-11(13)14)18-8-9-19-15;1-4-14-6-5-13(2,3)12(14)11-15(8-7-14)16-9-10-17-15;1-4-14-6-5-13(2,3)12(14)7-11-10(8-14)9-15-16-11;1-4-14-6-5-13(2,3)12(14)7-11(16)10(8-14)9-15;1-12(2)3-4-13(10-15)5-6-14(9-11(12)13)16-7-8-17-14;1-4-14-6-5-13(2,3)12(14)7-11(16)10(8-14)9-15;1-12(2)6-7-13(11(15)16-3)5-4-9(14)8-10(12)13;1-9(2)5-4-6(7(9)10)8(11)12-3/h10H,4-9H2,1-3H3;1,11H,5-10H2,2-3H3;1,7,9H,5-6,8H2,2-3H3;1,7-8H,5-6H2,2-3H3;9,15H,3-8,10H2,1-2H3;1,7,9,15H,5-6,8H2,2-3H3;8H,4-7H2,1-3H3;6H,4-5H2,1-3H3/b;;;;;10-9-;;. The Balaban J connectivity index is 0.000000134. The predicted molar refractivity (Wildman–Crippen MR) is 490 cm³/mol. The molecule has 696 valence electrons. The normalized spacial score (nSPS) is 33.5. The number of Topliss-reactive ketones (excluding diaryl/α,β-unsaturated/α-hetero) is 1. The number of carbonyl (C=O) groups is 7. The topological polar surface area (TPSA) is 293 Å². The first kappa shape index (κ1) is 99.2. The fraction of sp³-hybridized carbons (Fsp3) is 0.657. The van der Waals surface area contributed by atoms with Crippen LogP contribution >= 0.6 is 0 Å². The average Bonchev–Trinajstić information content (AvgIpc) is 1.62. The number of ketones is 4. The Morgan fingerprint density at radius 3 is 1.37 bits per heavy atom. The van der Waals surface area contributed by atoms with Crippen LogP contribution in [0.4, 0.5) is 0 Å². The van der Waals surface area contributed by atoms with Crippen molar-refractivity contribution >= 4 is 47.1 Å². The van der Waals surface area contributed by atoms with E-state index in [0.717, 1.165) is 175 Å². The van der Waals surface area contributed by atoms with E-state index in [2.05, 4.69) is 155 Å². The number of carbonyl (C=O) groups excluding carboxylic acids is 7. The molecule has 3 aliphatic heterocycles. The van der Waals surface area contributed by atoms with E-state index >= 15 is 0 Å². The van der Waals surface area contributed by atoms with Crippen LogP contribution in [-0.2, 0) is 82.6 Å². The second-order valence-corrected chi connectivity index (χ2v) is 44.5. The molecule has 0 bridgehead atoms. The van der Waals surface area contributed by atoms with E-state index in [9.17, 15) is 38.7 Å². The quantitative estimate of drug-likeness (QED) is 0.0538. The van der Waals surface area contributed by atoms with Gasteiger partial charge in [0.2, 0.25) is 0 Å². The van der Waals surface area contributed by atoms with Crippen molar-refractivity contribution in [3.8, 4) is 55.4 Å². The van der Waals surface area contributed by atoms with Gasteiger partial charge >= 0.3 is 17.9 Å². The van der Waals surface area contributed by atoms with Gasteiger partial charge in [-0.1, -0.05) is 145 Å². The van der Waals surface area contributed by atoms with Crippen LogP contribution in [0.3, 0.4) is 0 Å². The fourth-order valence-electron chi connectivity index (χ4n) is 24.8. The summed E-state index contributed by atoms with van der Waals surface area (Å²) in [4.78, 5) is 81.8. The van der Waals surface area contributed by atoms with Crippen LogP contribution < -0.4 is 0 Å². The van der Waals surface area contributed by atoms with Gasteiger partial charge in [-0.3, -0.25) is 33.6 Å². The third-order valence-electron chi connectivity index (χ3n) is 33.1. The number of hydrogen-bond acceptors (Lipinski definition) is 21. The van der Waals surface area contributed by atoms with Gasteiger partial charge in [-0.15, -0.1) is 25.7 Å². The lowest BCUT2D eigenvalue weighted by Gasteiger charge is -2.42. The zero-order chi connectivity index (χ0) is 94.7. The molecule has 0 radical (unpaired) electrons. The van der Waals surface area contributed by atoms with Crippen LogP contribution in [-0.4, -0.2) is 141 Å². The summed E-state index contributed by atoms with van der Waals surface area (Å²) < 4.78 is 54.6. The summed E-state index contributed by atoms with van der Waals surface area (Å²) in [6.45, 7) is 38.7. The molecule has 0 aromatic carbocycles. The zero-order valence-corrected chi connectivity index (χ0v) is 80.2. The van der Waals surface area contributed by atoms with Crippen molar-refractivity contribution in [2.24, 2.45) is 87.1 Å². The number of allylic oxidation sites excluding steroid dienone is 10. The molecule has 21 heteroatoms. The number of fused-ring (bicyclic) bond motifs is 8. The van der Waals surface area contributed by atoms with Gasteiger partial charge in [-0.25, -0.2) is 0 Å². The predicted octanol–water partition coefficient (Wildman–Crippen LogP) is 19.2. The number of terminal acetylenes is 4. The first-order chi connectivity index (χ1) is 60.4. The zero-order valence-electron chi connectivity index (χ0n) is 80.2. The van der Waals surface area contributed by atoms with E-state index in [4.69, 9.17) is 78.5 Å². The number of aliphatic hydroxyl groups is 2. The van der Waals surface area contributed by atoms with E-state index < -0.39 is 39.5 Å². The molecule has 11 fully saturated rings. The van der Waals surface area contributed by atoms with E-state index in [0.29, 0.717) is 70.9 Å². The molecule has 3 saturated heterocycles. The lowest BCUT2D eigenvalue weighted by atomic mass is 9.68. The van der Waals surface area contributed by atoms with Crippen molar-refractivity contribution in [3.05, 3.63) is 116 Å². The maximum atomic E-state index is 12.3. The maximum Gasteiger partial charge on any atom is 0.316 e. The molecule has 18 aliphatic rings. The number of rotatable bonds is 4. The molecule has 4 heterocycles. The second kappa shape index (κ2) is 36.0. The minimum Gasteiger partial charge on any atom is -0.515 e. The lowest BCUT2D eigenvalue weighted by Crippen LogP contribution is -2.43. The molecular weight excluding hydrogens is 1630 g/mol. The van der Waals surface area contributed by atoms with Crippen LogP contribution in [0.5, 0.6) is 0 Å². The first-order valence-corrected chi connectivity index (χ1v) is 46.7. The maximum absolute atomic E-state index is 12.3. The molecule has 2 N–H and O–H groups in total. The van der Waals surface area contributed by atoms with Crippen LogP contribution in [0.2, 0.25) is 0 Å². The van der Waals surface area contributed by atoms with Gasteiger partial charge in [0.15, 0.2) is 46.3 Å². The Morgan fingerprint density at radius 2 is 0.868 bits per heavy atom. The Hall–Kier alpha value is -8.79. The lowest BCUT2D eigenvalue weighted by molar-refractivity contribution is -0.159. The third kappa shape index (κ3) is 18.3. The molecular formula is C108H140N2O19. The number of nitriles is 1. The highest BCUT2D eigenvalue weighted by molar-refractivity contribution is 6.09. The van der Waals surface area contributed by atoms with Crippen LogP contribution in [0.15, 0.2) is 110 Å². The van der Waals surface area contributed by atoms with Gasteiger partial charge < -0.3 is 57.4 Å². The molecule has 0 amide bonds. The molecule has 15 aliphatic carbocycles. The van der Waals surface area contributed by atoms with Gasteiger partial charge in [0.05, 0.1) is 118 Å². The molecule has 3 spiro atoms. The number of hydrogen-bond donors (Lipinski definition) is 2. The number of esters is 3. The summed E-state index contributed by atoms with van der Waals surface area (Å²) in [5, 5.41) is 31.6. The second-order valence-electron chi connectivity index (χ2n) is 44.5. The minimum absolute atomic E-state index is 0.00299. The van der Waals surface area contributed by atoms with Gasteiger partial charge in [-0.05, 0) is 261 Å². The minimum atomic E-state index is -0.589. The van der Waals surface area contributed by atoms with Crippen molar-refractivity contribution in [2.75, 3.05) is 67.6 Å². The fourth-order valence-corrected chi connectivity index (χ4v) is 24.8. The Morgan fingerprint density at radius 1 is 0.450 bits per heavy atom. The smallest absolute Gasteiger partial charge is 0.316 e. The van der Waals surface area contributed by atoms with Crippen LogP contribution in [0.25, 0.3) is 6.08 Å². The van der Waals surface area contributed by atoms with Gasteiger partial charge in [0.25, 0.3) is 0 Å². The Labute approximate surface area is 766 Å². The molecule has 1 aromatic rings. The average molecular weight is 1770 g/mol. The molecule has 8 unspecified atom stereocenters. The molecule has 8 saturated carbocycles. The molecule has 8 atom stereocenters. The van der Waals surface area contributed by atoms with E-state index in [-0.39, 0.29) is 118 Å². The molecule has 19 rings (SSSR count). The molecule has 129 heavy (non-hydrogen) atoms. The van der Waals surface area contributed by atoms with Gasteiger partial charge in [-0.2, -0.15) is 5.26 Å². The summed E-state index contributed by atoms with van der Waals surface area (Å²) in [5.74, 6) is 9.78. The number of methoxy groups -OCH3 is 3. The summed E-state index contributed by atoms with van der Waals surface area (Å²) in [5.41, 5.74) is 8.30. The van der Waals surface area contributed by atoms with Gasteiger partial charge in [0, 0.05) is 47.6 Å². The van der Waals surface area contributed by atoms with Crippen LogP contribution in [0.1, 0.15) is 283 Å². The highest BCUT2D eigenvalue weighted by Gasteiger charge is 2.62. The summed E-state index contributed by atoms with van der Waals surface area (Å²) in [7, 11) is 4.23. The Bertz CT molecular complexity index is 5140. The molecule has 21 nitrogen and oxygen atoms in total. The highest BCUT2D eigenvalue weighted by Crippen LogP contribution is 2.66. The molecule has 1 aromatic heterocycles. The monoisotopic (exact) mass is 1770 g/mol. The van der Waals surface area contributed by atoms with Crippen molar-refractivity contribution in [1.29, 1.82) is 5.26 Å². The summed E-state index contributed by atoms with van der Waals surface area (Å²) in [6.07, 6.45) is 63.9. The Kier molecular flexibility index (Phi) is 27.7. The first-order valence-electron chi connectivity index (χ1n) is 46.7. The van der Waals surface area contributed by atoms with Crippen molar-refractivity contribution in [3.63, 3.8) is 0 Å². The third-order valence-corrected chi connectivity index (χ3v) is 33.1. The van der Waals surface area contributed by atoms with Crippen LogP contribution in [0, 0.1) is 148 Å². The van der Waals surface area contributed by atoms with Gasteiger partial charge in [0.1, 0.15) is 12.0 Å². The van der Waals surface area contributed by atoms with E-state index in [1.807, 2.05) is 19.9 Å². The number of nitrogens with zero attached hydrogens (tertiary/aromatic N) is 2. The highest BCUT2D eigenvalue weighted by atomic mass is 16.7. The van der Waals surface area contributed by atoms with Crippen molar-refractivity contribution in [2.45, 2.75) is 295 Å². The SMILES string of the molecule is C#CC12C=C(C#N)C(=O)C=C1C(C)(C)CC2.C#CC12CCC(C)(C)C1=CC(=O)/C(=C\O)C2.C#CC12CCC(C)(C)C1=Cc1oncc1C2.C#CC12CCC3(C=C1C(C)(C)CC2)OCCO3.CC1(C)CCC2(CO)CCC3(C=C12)OCCO3.COC(=O)C12CCC(=O)C=C1C(C)(C)CC2.COC(=O)C12CCC3(C=C1C(C)(C)CC2)OCCO3.COC(=O)C1CCC(C)(C)C1=O. The largest absolute Gasteiger partial charge is 0.515 e.